The van der Waals surface area contributed by atoms with Gasteiger partial charge in [0.15, 0.2) is 11.1 Å². The van der Waals surface area contributed by atoms with E-state index in [1.807, 2.05) is 19.0 Å². The number of thiazole rings is 1. The third-order valence-corrected chi connectivity index (χ3v) is 5.33. The highest BCUT2D eigenvalue weighted by molar-refractivity contribution is 14.0. The van der Waals surface area contributed by atoms with Crippen LogP contribution in [0.2, 0.25) is 0 Å². The van der Waals surface area contributed by atoms with Crippen LogP contribution in [-0.4, -0.2) is 43.6 Å². The predicted octanol–water partition coefficient (Wildman–Crippen LogP) is 3.52. The van der Waals surface area contributed by atoms with Crippen molar-refractivity contribution in [3.05, 3.63) is 46.6 Å². The number of hydrogen-bond acceptors (Lipinski definition) is 4. The van der Waals surface area contributed by atoms with Crippen LogP contribution < -0.4 is 15.5 Å². The first-order valence-corrected chi connectivity index (χ1v) is 9.59. The fourth-order valence-electron chi connectivity index (χ4n) is 2.94. The van der Waals surface area contributed by atoms with Crippen LogP contribution >= 0.6 is 35.3 Å². The lowest BCUT2D eigenvalue weighted by molar-refractivity contribution is 0.785. The maximum Gasteiger partial charge on any atom is 0.191 e. The number of aryl methyl sites for hydroxylation is 1. The number of guanidine groups is 1. The van der Waals surface area contributed by atoms with Gasteiger partial charge in [0.1, 0.15) is 0 Å². The third-order valence-electron chi connectivity index (χ3n) is 4.28. The van der Waals surface area contributed by atoms with Gasteiger partial charge in [-0.1, -0.05) is 18.2 Å². The van der Waals surface area contributed by atoms with Crippen LogP contribution in [0.5, 0.6) is 0 Å². The Balaban J connectivity index is 0.00000261. The molecule has 0 atom stereocenters. The molecule has 3 rings (SSSR count). The topological polar surface area (TPSA) is 68.3 Å². The average molecular weight is 498 g/mol. The average Bonchev–Trinajstić information content (AvgIpc) is 3.22. The molecule has 0 unspecified atom stereocenters. The van der Waals surface area contributed by atoms with E-state index < -0.39 is 0 Å². The van der Waals surface area contributed by atoms with Crippen molar-refractivity contribution in [3.63, 3.8) is 0 Å². The smallest absolute Gasteiger partial charge is 0.191 e. The fourth-order valence-corrected chi connectivity index (χ4v) is 3.70. The summed E-state index contributed by atoms with van der Waals surface area (Å²) in [5, 5.41) is 11.1. The van der Waals surface area contributed by atoms with Crippen LogP contribution in [0, 0.1) is 6.92 Å². The van der Waals surface area contributed by atoms with Gasteiger partial charge in [-0.25, -0.2) is 4.98 Å². The summed E-state index contributed by atoms with van der Waals surface area (Å²) in [7, 11) is 5.80. The molecule has 0 radical (unpaired) electrons. The highest BCUT2D eigenvalue weighted by atomic mass is 127. The molecule has 0 aliphatic heterocycles. The first kappa shape index (κ1) is 21.5. The normalized spacial score (nSPS) is 11.3. The molecule has 0 aliphatic carbocycles. The number of aromatic nitrogens is 2. The molecule has 0 spiro atoms. The van der Waals surface area contributed by atoms with Gasteiger partial charge in [-0.05, 0) is 25.0 Å². The van der Waals surface area contributed by atoms with Gasteiger partial charge in [0.2, 0.25) is 0 Å². The summed E-state index contributed by atoms with van der Waals surface area (Å²) in [5.41, 5.74) is 4.81. The third kappa shape index (κ3) is 5.35. The van der Waals surface area contributed by atoms with Crippen molar-refractivity contribution in [1.82, 2.24) is 20.6 Å². The number of aliphatic imine (C=N–C) groups is 1. The van der Waals surface area contributed by atoms with Crippen molar-refractivity contribution < 1.29 is 0 Å². The minimum absolute atomic E-state index is 0. The van der Waals surface area contributed by atoms with Crippen molar-refractivity contribution in [2.75, 3.05) is 32.6 Å². The van der Waals surface area contributed by atoms with Crippen LogP contribution in [0.4, 0.5) is 5.13 Å². The lowest BCUT2D eigenvalue weighted by atomic mass is 10.1. The van der Waals surface area contributed by atoms with E-state index in [4.69, 9.17) is 0 Å². The number of anilines is 1. The number of fused-ring (bicyclic) bond motifs is 1. The summed E-state index contributed by atoms with van der Waals surface area (Å²) in [6.07, 6.45) is 0.942. The first-order valence-electron chi connectivity index (χ1n) is 8.71. The predicted molar refractivity (Wildman–Crippen MR) is 127 cm³/mol. The molecule has 3 N–H and O–H groups in total. The van der Waals surface area contributed by atoms with E-state index in [-0.39, 0.29) is 24.0 Å². The molecule has 0 fully saturated rings. The zero-order valence-electron chi connectivity index (χ0n) is 16.2. The van der Waals surface area contributed by atoms with Crippen molar-refractivity contribution in [1.29, 1.82) is 0 Å². The van der Waals surface area contributed by atoms with E-state index in [0.717, 1.165) is 29.8 Å². The van der Waals surface area contributed by atoms with Gasteiger partial charge in [0.05, 0.1) is 12.2 Å². The summed E-state index contributed by atoms with van der Waals surface area (Å²) in [6, 6.07) is 8.44. The minimum Gasteiger partial charge on any atom is -0.358 e. The van der Waals surface area contributed by atoms with E-state index in [0.29, 0.717) is 6.54 Å². The van der Waals surface area contributed by atoms with Gasteiger partial charge < -0.3 is 20.5 Å². The van der Waals surface area contributed by atoms with E-state index >= 15 is 0 Å². The molecule has 3 aromatic rings. The molecule has 0 saturated carbocycles. The Morgan fingerprint density at radius 3 is 2.74 bits per heavy atom. The SMILES string of the molecule is CN=C(NCCc1c(C)[nH]c2ccccc12)NCc1csc(N(C)C)n1.I. The number of rotatable bonds is 6. The van der Waals surface area contributed by atoms with Gasteiger partial charge in [-0.15, -0.1) is 35.3 Å². The number of aromatic amines is 1. The van der Waals surface area contributed by atoms with Crippen LogP contribution in [-0.2, 0) is 13.0 Å². The molecular formula is C19H27IN6S. The Labute approximate surface area is 181 Å². The molecule has 0 aliphatic rings. The number of nitrogens with zero attached hydrogens (tertiary/aromatic N) is 3. The Kier molecular flexibility index (Phi) is 7.91. The van der Waals surface area contributed by atoms with E-state index in [1.165, 1.54) is 22.2 Å². The largest absolute Gasteiger partial charge is 0.358 e. The van der Waals surface area contributed by atoms with Crippen LogP contribution in [0.25, 0.3) is 10.9 Å². The summed E-state index contributed by atoms with van der Waals surface area (Å²) < 4.78 is 0. The standard InChI is InChI=1S/C19H26N6S.HI/c1-13-15(16-7-5-6-8-17(16)23-13)9-10-21-18(20-2)22-11-14-12-26-19(24-14)25(3)4;/h5-8,12,23H,9-11H2,1-4H3,(H2,20,21,22);1H. The number of halogens is 1. The van der Waals surface area contributed by atoms with Crippen LogP contribution in [0.3, 0.4) is 0 Å². The zero-order chi connectivity index (χ0) is 18.5. The summed E-state index contributed by atoms with van der Waals surface area (Å²) in [6.45, 7) is 3.62. The second-order valence-corrected chi connectivity index (χ2v) is 7.23. The molecule has 27 heavy (non-hydrogen) atoms. The highest BCUT2D eigenvalue weighted by Gasteiger charge is 2.08. The molecule has 8 heteroatoms. The molecule has 1 aromatic carbocycles. The Morgan fingerprint density at radius 1 is 1.26 bits per heavy atom. The number of nitrogens with one attached hydrogen (secondary N) is 3. The molecule has 0 bridgehead atoms. The summed E-state index contributed by atoms with van der Waals surface area (Å²) in [4.78, 5) is 14.3. The highest BCUT2D eigenvalue weighted by Crippen LogP contribution is 2.22. The summed E-state index contributed by atoms with van der Waals surface area (Å²) >= 11 is 1.65. The minimum atomic E-state index is 0. The molecule has 0 amide bonds. The lowest BCUT2D eigenvalue weighted by Crippen LogP contribution is -2.38. The van der Waals surface area contributed by atoms with Crippen molar-refractivity contribution in [2.24, 2.45) is 4.99 Å². The Morgan fingerprint density at radius 2 is 2.04 bits per heavy atom. The lowest BCUT2D eigenvalue weighted by Gasteiger charge is -2.11. The van der Waals surface area contributed by atoms with Gasteiger partial charge >= 0.3 is 0 Å². The van der Waals surface area contributed by atoms with Crippen molar-refractivity contribution in [3.8, 4) is 0 Å². The number of benzene rings is 1. The molecular weight excluding hydrogens is 471 g/mol. The maximum absolute atomic E-state index is 4.58. The van der Waals surface area contributed by atoms with E-state index in [9.17, 15) is 0 Å². The molecule has 2 heterocycles. The number of para-hydroxylation sites is 1. The second-order valence-electron chi connectivity index (χ2n) is 6.39. The molecule has 0 saturated heterocycles. The maximum atomic E-state index is 4.58. The molecule has 146 valence electrons. The number of H-pyrrole nitrogens is 1. The van der Waals surface area contributed by atoms with Gasteiger partial charge in [0.25, 0.3) is 0 Å². The second kappa shape index (κ2) is 9.93. The molecule has 2 aromatic heterocycles. The van der Waals surface area contributed by atoms with E-state index in [1.54, 1.807) is 18.4 Å². The van der Waals surface area contributed by atoms with Gasteiger partial charge in [-0.2, -0.15) is 0 Å². The Bertz CT molecular complexity index is 899. The van der Waals surface area contributed by atoms with Crippen LogP contribution in [0.15, 0.2) is 34.6 Å². The molecule has 6 nitrogen and oxygen atoms in total. The van der Waals surface area contributed by atoms with Gasteiger partial charge in [0, 0.05) is 49.7 Å². The Hall–Kier alpha value is -1.81. The quantitative estimate of drug-likeness (QED) is 0.277. The van der Waals surface area contributed by atoms with Gasteiger partial charge in [-0.3, -0.25) is 4.99 Å². The number of hydrogen-bond donors (Lipinski definition) is 3. The zero-order valence-corrected chi connectivity index (χ0v) is 19.3. The monoisotopic (exact) mass is 498 g/mol. The van der Waals surface area contributed by atoms with Crippen molar-refractivity contribution in [2.45, 2.75) is 19.9 Å². The van der Waals surface area contributed by atoms with E-state index in [2.05, 4.69) is 62.2 Å². The summed E-state index contributed by atoms with van der Waals surface area (Å²) in [5.74, 6) is 0.793. The van der Waals surface area contributed by atoms with Crippen LogP contribution in [0.1, 0.15) is 17.0 Å². The fraction of sp³-hybridized carbons (Fsp3) is 0.368. The first-order chi connectivity index (χ1) is 12.6. The van der Waals surface area contributed by atoms with Crippen molar-refractivity contribution >= 4 is 57.3 Å².